The van der Waals surface area contributed by atoms with E-state index >= 15 is 0 Å². The van der Waals surface area contributed by atoms with Crippen molar-refractivity contribution >= 4 is 10.8 Å². The third-order valence-electron chi connectivity index (χ3n) is 2.30. The second kappa shape index (κ2) is 3.76. The van der Waals surface area contributed by atoms with Crippen molar-refractivity contribution in [2.24, 2.45) is 0 Å². The number of hydrogen-bond acceptors (Lipinski definition) is 1. The molecule has 0 radical (unpaired) electrons. The van der Waals surface area contributed by atoms with E-state index in [4.69, 9.17) is 0 Å². The smallest absolute Gasteiger partial charge is 0.119 e. The molecule has 1 nitrogen and oxygen atoms in total. The molecule has 1 N–H and O–H groups in total. The largest absolute Gasteiger partial charge is 0.386 e. The number of aliphatic hydroxyl groups is 1. The summed E-state index contributed by atoms with van der Waals surface area (Å²) in [6.07, 6.45) is -1.00. The van der Waals surface area contributed by atoms with Gasteiger partial charge >= 0.3 is 0 Å². The highest BCUT2D eigenvalue weighted by Crippen LogP contribution is 2.20. The average Bonchev–Trinajstić information content (AvgIpc) is 2.27. The predicted octanol–water partition coefficient (Wildman–Crippen LogP) is 2.84. The van der Waals surface area contributed by atoms with Crippen LogP contribution in [-0.4, -0.2) is 11.8 Å². The number of alkyl halides is 1. The lowest BCUT2D eigenvalue weighted by atomic mass is 10.0. The maximum Gasteiger partial charge on any atom is 0.119 e. The summed E-state index contributed by atoms with van der Waals surface area (Å²) < 4.78 is 12.2. The molecule has 0 heterocycles. The molecule has 0 aliphatic heterocycles. The van der Waals surface area contributed by atoms with Gasteiger partial charge in [-0.3, -0.25) is 0 Å². The fraction of sp³-hybridized carbons (Fsp3) is 0.167. The van der Waals surface area contributed by atoms with Gasteiger partial charge in [-0.25, -0.2) is 4.39 Å². The summed E-state index contributed by atoms with van der Waals surface area (Å²) in [5.41, 5.74) is 0.631. The standard InChI is InChI=1S/C12H11FO/c13-8-12(14)11-6-5-9-3-1-2-4-10(9)7-11/h1-7,12,14H,8H2. The van der Waals surface area contributed by atoms with Gasteiger partial charge in [-0.05, 0) is 22.4 Å². The first-order chi connectivity index (χ1) is 6.81. The quantitative estimate of drug-likeness (QED) is 0.772. The van der Waals surface area contributed by atoms with Crippen LogP contribution in [0.1, 0.15) is 11.7 Å². The zero-order valence-electron chi connectivity index (χ0n) is 7.65. The van der Waals surface area contributed by atoms with E-state index in [1.54, 1.807) is 6.07 Å². The van der Waals surface area contributed by atoms with Crippen molar-refractivity contribution in [1.29, 1.82) is 0 Å². The third-order valence-corrected chi connectivity index (χ3v) is 2.30. The molecule has 2 rings (SSSR count). The SMILES string of the molecule is OC(CF)c1ccc2ccccc2c1. The molecule has 1 atom stereocenters. The Morgan fingerprint density at radius 1 is 1.07 bits per heavy atom. The van der Waals surface area contributed by atoms with Crippen LogP contribution < -0.4 is 0 Å². The summed E-state index contributed by atoms with van der Waals surface area (Å²) in [5, 5.41) is 11.4. The van der Waals surface area contributed by atoms with E-state index in [-0.39, 0.29) is 0 Å². The summed E-state index contributed by atoms with van der Waals surface area (Å²) in [7, 11) is 0. The van der Waals surface area contributed by atoms with Crippen LogP contribution in [0.3, 0.4) is 0 Å². The van der Waals surface area contributed by atoms with Gasteiger partial charge < -0.3 is 5.11 Å². The molecule has 2 heteroatoms. The van der Waals surface area contributed by atoms with Crippen molar-refractivity contribution < 1.29 is 9.50 Å². The van der Waals surface area contributed by atoms with Crippen molar-refractivity contribution in [2.75, 3.05) is 6.67 Å². The number of halogens is 1. The number of fused-ring (bicyclic) bond motifs is 1. The zero-order valence-corrected chi connectivity index (χ0v) is 7.65. The minimum absolute atomic E-state index is 0.631. The Bertz CT molecular complexity index is 439. The van der Waals surface area contributed by atoms with Gasteiger partial charge in [0.2, 0.25) is 0 Å². The first-order valence-corrected chi connectivity index (χ1v) is 4.54. The Kier molecular flexibility index (Phi) is 2.46. The second-order valence-electron chi connectivity index (χ2n) is 3.28. The molecule has 0 saturated carbocycles. The Balaban J connectivity index is 2.51. The van der Waals surface area contributed by atoms with E-state index in [9.17, 15) is 9.50 Å². The van der Waals surface area contributed by atoms with Crippen LogP contribution in [-0.2, 0) is 0 Å². The fourth-order valence-electron chi connectivity index (χ4n) is 1.50. The van der Waals surface area contributed by atoms with E-state index in [2.05, 4.69) is 0 Å². The highest BCUT2D eigenvalue weighted by atomic mass is 19.1. The molecule has 2 aromatic rings. The second-order valence-corrected chi connectivity index (χ2v) is 3.28. The van der Waals surface area contributed by atoms with E-state index in [1.807, 2.05) is 36.4 Å². The average molecular weight is 190 g/mol. The molecule has 0 bridgehead atoms. The fourth-order valence-corrected chi connectivity index (χ4v) is 1.50. The van der Waals surface area contributed by atoms with Crippen LogP contribution in [0.2, 0.25) is 0 Å². The summed E-state index contributed by atoms with van der Waals surface area (Å²) in [6.45, 7) is -0.738. The molecule has 0 aliphatic carbocycles. The Morgan fingerprint density at radius 2 is 1.79 bits per heavy atom. The number of benzene rings is 2. The lowest BCUT2D eigenvalue weighted by Gasteiger charge is -2.07. The van der Waals surface area contributed by atoms with Gasteiger partial charge in [0, 0.05) is 0 Å². The maximum absolute atomic E-state index is 12.2. The van der Waals surface area contributed by atoms with E-state index < -0.39 is 12.8 Å². The van der Waals surface area contributed by atoms with Crippen molar-refractivity contribution in [2.45, 2.75) is 6.10 Å². The van der Waals surface area contributed by atoms with Crippen LogP contribution in [0.4, 0.5) is 4.39 Å². The van der Waals surface area contributed by atoms with Gasteiger partial charge in [-0.1, -0.05) is 36.4 Å². The normalized spacial score (nSPS) is 13.0. The van der Waals surface area contributed by atoms with Gasteiger partial charge in [0.25, 0.3) is 0 Å². The zero-order chi connectivity index (χ0) is 9.97. The van der Waals surface area contributed by atoms with Gasteiger partial charge in [0.1, 0.15) is 12.8 Å². The Morgan fingerprint density at radius 3 is 2.50 bits per heavy atom. The topological polar surface area (TPSA) is 20.2 Å². The third kappa shape index (κ3) is 1.61. The maximum atomic E-state index is 12.2. The minimum Gasteiger partial charge on any atom is -0.386 e. The van der Waals surface area contributed by atoms with E-state index in [1.165, 1.54) is 0 Å². The van der Waals surface area contributed by atoms with Gasteiger partial charge in [-0.15, -0.1) is 0 Å². The monoisotopic (exact) mass is 190 g/mol. The molecular weight excluding hydrogens is 179 g/mol. The lowest BCUT2D eigenvalue weighted by molar-refractivity contribution is 0.142. The van der Waals surface area contributed by atoms with Gasteiger partial charge in [-0.2, -0.15) is 0 Å². The molecule has 2 aromatic carbocycles. The summed E-state index contributed by atoms with van der Waals surface area (Å²) in [4.78, 5) is 0. The lowest BCUT2D eigenvalue weighted by Crippen LogP contribution is -1.98. The molecule has 0 aliphatic rings. The number of aliphatic hydroxyl groups excluding tert-OH is 1. The highest BCUT2D eigenvalue weighted by molar-refractivity contribution is 5.83. The van der Waals surface area contributed by atoms with Crippen LogP contribution in [0.25, 0.3) is 10.8 Å². The summed E-state index contributed by atoms with van der Waals surface area (Å²) >= 11 is 0. The van der Waals surface area contributed by atoms with Crippen LogP contribution in [0.5, 0.6) is 0 Å². The molecular formula is C12H11FO. The summed E-state index contributed by atoms with van der Waals surface area (Å²) in [6, 6.07) is 13.3. The van der Waals surface area contributed by atoms with Crippen LogP contribution >= 0.6 is 0 Å². The Labute approximate surface area is 81.8 Å². The molecule has 72 valence electrons. The minimum atomic E-state index is -1.00. The first kappa shape index (κ1) is 9.16. The predicted molar refractivity (Wildman–Crippen MR) is 54.9 cm³/mol. The number of hydrogen-bond donors (Lipinski definition) is 1. The molecule has 1 unspecified atom stereocenters. The van der Waals surface area contributed by atoms with E-state index in [0.717, 1.165) is 10.8 Å². The van der Waals surface area contributed by atoms with Crippen molar-refractivity contribution in [3.63, 3.8) is 0 Å². The highest BCUT2D eigenvalue weighted by Gasteiger charge is 2.06. The van der Waals surface area contributed by atoms with Gasteiger partial charge in [0.05, 0.1) is 0 Å². The molecule has 0 spiro atoms. The van der Waals surface area contributed by atoms with Crippen molar-refractivity contribution in [1.82, 2.24) is 0 Å². The van der Waals surface area contributed by atoms with E-state index in [0.29, 0.717) is 5.56 Å². The molecule has 14 heavy (non-hydrogen) atoms. The Hall–Kier alpha value is -1.41. The molecule has 0 saturated heterocycles. The molecule has 0 aromatic heterocycles. The summed E-state index contributed by atoms with van der Waals surface area (Å²) in [5.74, 6) is 0. The van der Waals surface area contributed by atoms with Crippen molar-refractivity contribution in [3.8, 4) is 0 Å². The van der Waals surface area contributed by atoms with Crippen LogP contribution in [0.15, 0.2) is 42.5 Å². The number of rotatable bonds is 2. The van der Waals surface area contributed by atoms with Crippen molar-refractivity contribution in [3.05, 3.63) is 48.0 Å². The molecule has 0 fully saturated rings. The van der Waals surface area contributed by atoms with Crippen LogP contribution in [0, 0.1) is 0 Å². The first-order valence-electron chi connectivity index (χ1n) is 4.54. The molecule has 0 amide bonds. The van der Waals surface area contributed by atoms with Gasteiger partial charge in [0.15, 0.2) is 0 Å².